The maximum Gasteiger partial charge on any atom is 0.265 e. The maximum absolute atomic E-state index is 14.0. The molecule has 0 bridgehead atoms. The summed E-state index contributed by atoms with van der Waals surface area (Å²) in [5.74, 6) is 0.181. The molecule has 2 heterocycles. The average molecular weight is 367 g/mol. The lowest BCUT2D eigenvalue weighted by molar-refractivity contribution is -0.868. The molecule has 0 aromatic heterocycles. The number of aryl methyl sites for hydroxylation is 3. The van der Waals surface area contributed by atoms with Crippen LogP contribution in [-0.2, 0) is 4.79 Å². The normalized spacial score (nSPS) is 25.1. The molecule has 1 aromatic carbocycles. The van der Waals surface area contributed by atoms with E-state index in [-0.39, 0.29) is 11.7 Å². The van der Waals surface area contributed by atoms with Crippen LogP contribution in [0.5, 0.6) is 0 Å². The quantitative estimate of drug-likeness (QED) is 0.565. The molecule has 0 fully saturated rings. The minimum Gasteiger partial charge on any atom is -0.598 e. The van der Waals surface area contributed by atoms with Gasteiger partial charge in [0, 0.05) is 5.92 Å². The molecule has 5 nitrogen and oxygen atoms in total. The molecule has 2 atom stereocenters. The van der Waals surface area contributed by atoms with E-state index < -0.39 is 10.8 Å². The molecule has 2 aliphatic rings. The number of quaternary nitrogens is 1. The van der Waals surface area contributed by atoms with Gasteiger partial charge in [0.25, 0.3) is 5.82 Å². The maximum atomic E-state index is 14.0. The number of rotatable bonds is 4. The minimum absolute atomic E-state index is 0.0217. The van der Waals surface area contributed by atoms with E-state index in [1.807, 2.05) is 20.8 Å². The van der Waals surface area contributed by atoms with E-state index in [0.29, 0.717) is 17.2 Å². The Kier molecular flexibility index (Phi) is 4.95. The van der Waals surface area contributed by atoms with E-state index in [9.17, 15) is 10.0 Å². The summed E-state index contributed by atoms with van der Waals surface area (Å²) in [6.07, 6.45) is 1.53. The van der Waals surface area contributed by atoms with Crippen LogP contribution < -0.4 is 0 Å². The van der Waals surface area contributed by atoms with E-state index in [1.165, 1.54) is 5.56 Å². The van der Waals surface area contributed by atoms with Crippen LogP contribution in [0.25, 0.3) is 5.57 Å². The standard InChI is InChI=1S/C22H29N3O2/c1-8-17(9-2)20-21(26)16(7)23-22-19(15(6)24-25(20,22)27)18-13(4)10-12(3)11-14(18)5/h10-11,17,20H,8-9H2,1-7H3. The third-order valence-electron chi connectivity index (χ3n) is 5.89. The summed E-state index contributed by atoms with van der Waals surface area (Å²) in [6, 6.07) is 3.49. The predicted molar refractivity (Wildman–Crippen MR) is 110 cm³/mol. The largest absolute Gasteiger partial charge is 0.598 e. The van der Waals surface area contributed by atoms with Gasteiger partial charge in [-0.05, 0) is 64.2 Å². The number of hydroxylamine groups is 2. The fourth-order valence-electron chi connectivity index (χ4n) is 4.65. The van der Waals surface area contributed by atoms with Crippen molar-refractivity contribution in [3.8, 4) is 0 Å². The molecule has 0 spiro atoms. The molecule has 27 heavy (non-hydrogen) atoms. The summed E-state index contributed by atoms with van der Waals surface area (Å²) < 4.78 is -0.990. The van der Waals surface area contributed by atoms with Gasteiger partial charge in [-0.1, -0.05) is 36.6 Å². The highest BCUT2D eigenvalue weighted by atomic mass is 16.6. The van der Waals surface area contributed by atoms with Crippen LogP contribution in [0.15, 0.2) is 28.0 Å². The summed E-state index contributed by atoms with van der Waals surface area (Å²) in [5.41, 5.74) is 6.27. The van der Waals surface area contributed by atoms with Gasteiger partial charge >= 0.3 is 0 Å². The van der Waals surface area contributed by atoms with E-state index in [4.69, 9.17) is 0 Å². The molecular formula is C22H29N3O2. The molecule has 3 rings (SSSR count). The van der Waals surface area contributed by atoms with Crippen molar-refractivity contribution in [3.05, 3.63) is 45.4 Å². The molecule has 1 aromatic rings. The third kappa shape index (κ3) is 2.89. The van der Waals surface area contributed by atoms with Crippen molar-refractivity contribution >= 4 is 22.8 Å². The van der Waals surface area contributed by atoms with Crippen LogP contribution in [0.3, 0.4) is 0 Å². The van der Waals surface area contributed by atoms with Gasteiger partial charge in [-0.15, -0.1) is 0 Å². The van der Waals surface area contributed by atoms with E-state index in [1.54, 1.807) is 6.92 Å². The van der Waals surface area contributed by atoms with Crippen LogP contribution in [-0.4, -0.2) is 28.0 Å². The van der Waals surface area contributed by atoms with Crippen molar-refractivity contribution in [2.24, 2.45) is 16.0 Å². The number of ketones is 1. The van der Waals surface area contributed by atoms with Crippen LogP contribution in [0.1, 0.15) is 62.8 Å². The van der Waals surface area contributed by atoms with Gasteiger partial charge in [-0.3, -0.25) is 4.79 Å². The summed E-state index contributed by atoms with van der Waals surface area (Å²) >= 11 is 0. The number of benzene rings is 1. The van der Waals surface area contributed by atoms with Crippen molar-refractivity contribution in [2.75, 3.05) is 0 Å². The first kappa shape index (κ1) is 19.6. The Morgan fingerprint density at radius 1 is 1.04 bits per heavy atom. The van der Waals surface area contributed by atoms with Crippen LogP contribution in [0, 0.1) is 31.9 Å². The number of hydrogen-bond donors (Lipinski definition) is 0. The second-order valence-corrected chi connectivity index (χ2v) is 7.86. The molecule has 2 unspecified atom stereocenters. The number of fused-ring (bicyclic) bond motifs is 1. The van der Waals surface area contributed by atoms with Crippen molar-refractivity contribution < 1.29 is 9.55 Å². The topological polar surface area (TPSA) is 64.8 Å². The number of Topliss-reactive ketones (excluding diaryl/α,β-unsaturated/α-hetero) is 1. The second kappa shape index (κ2) is 6.80. The van der Waals surface area contributed by atoms with Crippen molar-refractivity contribution in [1.82, 2.24) is 0 Å². The molecule has 2 aliphatic heterocycles. The first-order valence-electron chi connectivity index (χ1n) is 9.75. The molecular weight excluding hydrogens is 338 g/mol. The fourth-order valence-corrected chi connectivity index (χ4v) is 4.65. The van der Waals surface area contributed by atoms with Crippen LogP contribution in [0.2, 0.25) is 0 Å². The SMILES string of the molecule is CCC(CC)C1C(=O)C(C)=NC2=C(c3c(C)cc(C)cc3C)C(C)=N[N+]21[O-]. The Balaban J connectivity index is 2.32. The van der Waals surface area contributed by atoms with Gasteiger partial charge in [0.1, 0.15) is 5.71 Å². The summed E-state index contributed by atoms with van der Waals surface area (Å²) in [5, 5.41) is 18.5. The number of aliphatic imine (C=N–C) groups is 1. The number of carbonyl (C=O) groups excluding carboxylic acids is 1. The summed E-state index contributed by atoms with van der Waals surface area (Å²) in [7, 11) is 0. The van der Waals surface area contributed by atoms with Gasteiger partial charge in [0.05, 0.1) is 11.3 Å². The Morgan fingerprint density at radius 3 is 2.11 bits per heavy atom. The molecule has 0 N–H and O–H groups in total. The van der Waals surface area contributed by atoms with Crippen molar-refractivity contribution in [2.45, 2.75) is 67.3 Å². The van der Waals surface area contributed by atoms with Crippen LogP contribution >= 0.6 is 0 Å². The molecule has 0 aliphatic carbocycles. The molecule has 0 saturated heterocycles. The van der Waals surface area contributed by atoms with E-state index in [2.05, 4.69) is 43.0 Å². The van der Waals surface area contributed by atoms with E-state index in [0.717, 1.165) is 35.1 Å². The Bertz CT molecular complexity index is 883. The molecule has 5 heteroatoms. The average Bonchev–Trinajstić information content (AvgIpc) is 2.82. The second-order valence-electron chi connectivity index (χ2n) is 7.86. The van der Waals surface area contributed by atoms with Crippen molar-refractivity contribution in [3.63, 3.8) is 0 Å². The summed E-state index contributed by atoms with van der Waals surface area (Å²) in [6.45, 7) is 13.8. The molecule has 0 saturated carbocycles. The van der Waals surface area contributed by atoms with Gasteiger partial charge in [0.15, 0.2) is 6.04 Å². The predicted octanol–water partition coefficient (Wildman–Crippen LogP) is 4.83. The zero-order valence-corrected chi connectivity index (χ0v) is 17.4. The lowest BCUT2D eigenvalue weighted by Gasteiger charge is -2.44. The highest BCUT2D eigenvalue weighted by Crippen LogP contribution is 2.44. The number of carbonyl (C=O) groups is 1. The minimum atomic E-state index is -0.990. The smallest absolute Gasteiger partial charge is 0.265 e. The first-order chi connectivity index (χ1) is 12.7. The number of allylic oxidation sites excluding steroid dienone is 1. The van der Waals surface area contributed by atoms with Gasteiger partial charge in [-0.2, -0.15) is 9.75 Å². The number of nitrogens with zero attached hydrogens (tertiary/aromatic N) is 3. The lowest BCUT2D eigenvalue weighted by Crippen LogP contribution is -2.56. The van der Waals surface area contributed by atoms with Gasteiger partial charge in [0.2, 0.25) is 5.78 Å². The monoisotopic (exact) mass is 367 g/mol. The van der Waals surface area contributed by atoms with Gasteiger partial charge < -0.3 is 5.21 Å². The Labute approximate surface area is 161 Å². The fraction of sp³-hybridized carbons (Fsp3) is 0.500. The molecule has 144 valence electrons. The summed E-state index contributed by atoms with van der Waals surface area (Å²) in [4.78, 5) is 17.4. The zero-order chi connectivity index (χ0) is 20.1. The zero-order valence-electron chi connectivity index (χ0n) is 17.4. The molecule has 0 amide bonds. The first-order valence-corrected chi connectivity index (χ1v) is 9.75. The number of hydrogen-bond acceptors (Lipinski definition) is 4. The van der Waals surface area contributed by atoms with Crippen LogP contribution in [0.4, 0.5) is 0 Å². The van der Waals surface area contributed by atoms with Crippen molar-refractivity contribution in [1.29, 1.82) is 0 Å². The van der Waals surface area contributed by atoms with E-state index >= 15 is 0 Å². The highest BCUT2D eigenvalue weighted by molar-refractivity contribution is 6.41. The lowest BCUT2D eigenvalue weighted by atomic mass is 9.87. The Morgan fingerprint density at radius 2 is 1.59 bits per heavy atom. The molecule has 0 radical (unpaired) electrons. The Hall–Kier alpha value is -2.11. The third-order valence-corrected chi connectivity index (χ3v) is 5.89. The highest BCUT2D eigenvalue weighted by Gasteiger charge is 2.52. The van der Waals surface area contributed by atoms with Gasteiger partial charge in [-0.25, -0.2) is 0 Å².